The van der Waals surface area contributed by atoms with Crippen molar-refractivity contribution >= 4 is 5.65 Å². The highest BCUT2D eigenvalue weighted by Gasteiger charge is 2.08. The van der Waals surface area contributed by atoms with Crippen molar-refractivity contribution in [3.8, 4) is 0 Å². The Labute approximate surface area is 102 Å². The number of pyridine rings is 1. The molecule has 2 N–H and O–H groups in total. The van der Waals surface area contributed by atoms with Crippen molar-refractivity contribution in [3.05, 3.63) is 58.5 Å². The van der Waals surface area contributed by atoms with Crippen molar-refractivity contribution in [2.75, 3.05) is 0 Å². The summed E-state index contributed by atoms with van der Waals surface area (Å²) in [7, 11) is 0. The lowest BCUT2D eigenvalue weighted by molar-refractivity contribution is 0.442. The van der Waals surface area contributed by atoms with E-state index in [-0.39, 0.29) is 5.69 Å². The van der Waals surface area contributed by atoms with Crippen LogP contribution in [0, 0.1) is 0 Å². The fourth-order valence-corrected chi connectivity index (χ4v) is 1.84. The SMILES string of the molecule is NCc1ccc(Cn2nc3ccccn3c2=O)o1. The van der Waals surface area contributed by atoms with E-state index in [1.807, 2.05) is 6.07 Å². The molecule has 0 aromatic carbocycles. The summed E-state index contributed by atoms with van der Waals surface area (Å²) in [5.41, 5.74) is 5.90. The van der Waals surface area contributed by atoms with Crippen molar-refractivity contribution in [2.45, 2.75) is 13.1 Å². The van der Waals surface area contributed by atoms with Crippen LogP contribution in [0.1, 0.15) is 11.5 Å². The van der Waals surface area contributed by atoms with Crippen LogP contribution in [0.25, 0.3) is 5.65 Å². The first-order valence-corrected chi connectivity index (χ1v) is 5.60. The molecular weight excluding hydrogens is 232 g/mol. The van der Waals surface area contributed by atoms with Gasteiger partial charge in [-0.15, -0.1) is 5.10 Å². The molecule has 3 aromatic heterocycles. The van der Waals surface area contributed by atoms with Crippen LogP contribution in [0.15, 0.2) is 45.7 Å². The van der Waals surface area contributed by atoms with Gasteiger partial charge >= 0.3 is 5.69 Å². The Hall–Kier alpha value is -2.34. The lowest BCUT2D eigenvalue weighted by Crippen LogP contribution is -2.21. The van der Waals surface area contributed by atoms with E-state index in [9.17, 15) is 4.79 Å². The topological polar surface area (TPSA) is 78.5 Å². The quantitative estimate of drug-likeness (QED) is 0.731. The number of aromatic nitrogens is 3. The Bertz CT molecular complexity index is 738. The van der Waals surface area contributed by atoms with Gasteiger partial charge in [-0.05, 0) is 24.3 Å². The Kier molecular flexibility index (Phi) is 2.49. The van der Waals surface area contributed by atoms with Gasteiger partial charge in [-0.3, -0.25) is 4.40 Å². The molecule has 0 spiro atoms. The molecule has 6 heteroatoms. The van der Waals surface area contributed by atoms with E-state index >= 15 is 0 Å². The van der Waals surface area contributed by atoms with Crippen molar-refractivity contribution in [1.29, 1.82) is 0 Å². The minimum absolute atomic E-state index is 0.184. The molecule has 92 valence electrons. The molecule has 0 amide bonds. The first-order chi connectivity index (χ1) is 8.78. The van der Waals surface area contributed by atoms with Gasteiger partial charge in [0.2, 0.25) is 0 Å². The number of hydrogen-bond acceptors (Lipinski definition) is 4. The monoisotopic (exact) mass is 244 g/mol. The van der Waals surface area contributed by atoms with Gasteiger partial charge in [0.15, 0.2) is 5.65 Å². The summed E-state index contributed by atoms with van der Waals surface area (Å²) >= 11 is 0. The van der Waals surface area contributed by atoms with Crippen LogP contribution in [-0.2, 0) is 13.1 Å². The van der Waals surface area contributed by atoms with E-state index in [1.165, 1.54) is 9.08 Å². The number of fused-ring (bicyclic) bond motifs is 1. The second kappa shape index (κ2) is 4.15. The Morgan fingerprint density at radius 3 is 2.78 bits per heavy atom. The van der Waals surface area contributed by atoms with Crippen LogP contribution in [0.5, 0.6) is 0 Å². The van der Waals surface area contributed by atoms with E-state index in [0.29, 0.717) is 30.3 Å². The van der Waals surface area contributed by atoms with Gasteiger partial charge in [-0.25, -0.2) is 9.48 Å². The van der Waals surface area contributed by atoms with Crippen molar-refractivity contribution in [1.82, 2.24) is 14.2 Å². The van der Waals surface area contributed by atoms with Crippen LogP contribution >= 0.6 is 0 Å². The molecule has 6 nitrogen and oxygen atoms in total. The number of nitrogens with zero attached hydrogens (tertiary/aromatic N) is 3. The largest absolute Gasteiger partial charge is 0.463 e. The average Bonchev–Trinajstić information content (AvgIpc) is 2.97. The summed E-state index contributed by atoms with van der Waals surface area (Å²) < 4.78 is 8.32. The summed E-state index contributed by atoms with van der Waals surface area (Å²) in [4.78, 5) is 12.0. The summed E-state index contributed by atoms with van der Waals surface area (Å²) in [5.74, 6) is 1.36. The molecule has 0 saturated heterocycles. The predicted octanol–water partition coefficient (Wildman–Crippen LogP) is 0.596. The highest BCUT2D eigenvalue weighted by Crippen LogP contribution is 2.08. The van der Waals surface area contributed by atoms with Gasteiger partial charge in [0.05, 0.1) is 6.54 Å². The molecule has 0 unspecified atom stereocenters. The second-order valence-electron chi connectivity index (χ2n) is 3.94. The number of rotatable bonds is 3. The molecule has 0 atom stereocenters. The van der Waals surface area contributed by atoms with E-state index in [1.54, 1.807) is 30.5 Å². The number of nitrogens with two attached hydrogens (primary N) is 1. The lowest BCUT2D eigenvalue weighted by atomic mass is 10.4. The first kappa shape index (κ1) is 10.8. The summed E-state index contributed by atoms with van der Waals surface area (Å²) in [5, 5.41) is 4.22. The van der Waals surface area contributed by atoms with E-state index in [4.69, 9.17) is 10.2 Å². The maximum absolute atomic E-state index is 12.0. The Balaban J connectivity index is 1.99. The fourth-order valence-electron chi connectivity index (χ4n) is 1.84. The second-order valence-corrected chi connectivity index (χ2v) is 3.94. The molecule has 18 heavy (non-hydrogen) atoms. The molecule has 0 bridgehead atoms. The first-order valence-electron chi connectivity index (χ1n) is 5.60. The maximum Gasteiger partial charge on any atom is 0.350 e. The Morgan fingerprint density at radius 1 is 1.22 bits per heavy atom. The van der Waals surface area contributed by atoms with E-state index in [2.05, 4.69) is 5.10 Å². The van der Waals surface area contributed by atoms with Crippen LogP contribution < -0.4 is 11.4 Å². The summed E-state index contributed by atoms with van der Waals surface area (Å²) in [6.07, 6.45) is 1.69. The zero-order valence-electron chi connectivity index (χ0n) is 9.61. The summed E-state index contributed by atoms with van der Waals surface area (Å²) in [6.45, 7) is 0.653. The zero-order valence-corrected chi connectivity index (χ0v) is 9.61. The van der Waals surface area contributed by atoms with Crippen LogP contribution in [0.4, 0.5) is 0 Å². The molecular formula is C12H12N4O2. The van der Waals surface area contributed by atoms with E-state index < -0.39 is 0 Å². The zero-order chi connectivity index (χ0) is 12.5. The highest BCUT2D eigenvalue weighted by molar-refractivity contribution is 5.35. The van der Waals surface area contributed by atoms with Crippen LogP contribution in [0.2, 0.25) is 0 Å². The smallest absolute Gasteiger partial charge is 0.350 e. The number of hydrogen-bond donors (Lipinski definition) is 1. The molecule has 3 heterocycles. The van der Waals surface area contributed by atoms with Gasteiger partial charge in [-0.1, -0.05) is 6.07 Å². The Morgan fingerprint density at radius 2 is 2.06 bits per heavy atom. The molecule has 0 saturated carbocycles. The van der Waals surface area contributed by atoms with Crippen molar-refractivity contribution in [2.24, 2.45) is 5.73 Å². The summed E-state index contributed by atoms with van der Waals surface area (Å²) in [6, 6.07) is 9.02. The molecule has 0 radical (unpaired) electrons. The van der Waals surface area contributed by atoms with Crippen molar-refractivity contribution in [3.63, 3.8) is 0 Å². The number of furan rings is 1. The minimum Gasteiger partial charge on any atom is -0.463 e. The van der Waals surface area contributed by atoms with Gasteiger partial charge in [0, 0.05) is 6.20 Å². The third-order valence-corrected chi connectivity index (χ3v) is 2.71. The van der Waals surface area contributed by atoms with Gasteiger partial charge in [0.25, 0.3) is 0 Å². The van der Waals surface area contributed by atoms with Crippen LogP contribution in [0.3, 0.4) is 0 Å². The van der Waals surface area contributed by atoms with Crippen LogP contribution in [-0.4, -0.2) is 14.2 Å². The lowest BCUT2D eigenvalue weighted by Gasteiger charge is -1.95. The predicted molar refractivity (Wildman–Crippen MR) is 65.2 cm³/mol. The fraction of sp³-hybridized carbons (Fsp3) is 0.167. The normalized spacial score (nSPS) is 11.2. The van der Waals surface area contributed by atoms with Gasteiger partial charge in [-0.2, -0.15) is 0 Å². The van der Waals surface area contributed by atoms with Gasteiger partial charge < -0.3 is 10.2 Å². The maximum atomic E-state index is 12.0. The average molecular weight is 244 g/mol. The third-order valence-electron chi connectivity index (χ3n) is 2.71. The molecule has 3 rings (SSSR count). The molecule has 3 aromatic rings. The standard InChI is InChI=1S/C12H12N4O2/c13-7-9-4-5-10(18-9)8-16-12(17)15-6-2-1-3-11(15)14-16/h1-6H,7-8,13H2. The molecule has 0 fully saturated rings. The van der Waals surface area contributed by atoms with E-state index in [0.717, 1.165) is 0 Å². The molecule has 0 aliphatic rings. The van der Waals surface area contributed by atoms with Crippen molar-refractivity contribution < 1.29 is 4.42 Å². The molecule has 0 aliphatic carbocycles. The minimum atomic E-state index is -0.184. The third kappa shape index (κ3) is 1.72. The molecule has 0 aliphatic heterocycles. The highest BCUT2D eigenvalue weighted by atomic mass is 16.3. The van der Waals surface area contributed by atoms with Gasteiger partial charge in [0.1, 0.15) is 18.1 Å².